The molecule has 0 aromatic carbocycles. The Kier molecular flexibility index (Phi) is 4.04. The molecule has 78 valence electrons. The van der Waals surface area contributed by atoms with E-state index in [0.717, 1.165) is 0 Å². The predicted octanol–water partition coefficient (Wildman–Crippen LogP) is -1.34. The maximum absolute atomic E-state index is 9.15. The highest BCUT2D eigenvalue weighted by atomic mass is 17.0. The van der Waals surface area contributed by atoms with E-state index in [0.29, 0.717) is 6.61 Å². The van der Waals surface area contributed by atoms with Gasteiger partial charge < -0.3 is 24.4 Å². The molecule has 1 heterocycles. The number of hydrogen-bond acceptors (Lipinski definition) is 6. The summed E-state index contributed by atoms with van der Waals surface area (Å²) in [5.74, 6) is -1.57. The Balaban J connectivity index is 1.91. The second kappa shape index (κ2) is 4.85. The van der Waals surface area contributed by atoms with Gasteiger partial charge in [-0.25, -0.2) is 0 Å². The van der Waals surface area contributed by atoms with E-state index in [-0.39, 0.29) is 19.8 Å². The van der Waals surface area contributed by atoms with Crippen LogP contribution in [0.1, 0.15) is 0 Å². The van der Waals surface area contributed by atoms with Gasteiger partial charge in [-0.2, -0.15) is 0 Å². The minimum absolute atomic E-state index is 0.0120. The summed E-state index contributed by atoms with van der Waals surface area (Å²) < 4.78 is 19.1. The molecule has 1 rings (SSSR count). The molecule has 2 atom stereocenters. The van der Waals surface area contributed by atoms with Gasteiger partial charge in [-0.3, -0.25) is 4.74 Å². The van der Waals surface area contributed by atoms with Gasteiger partial charge in [0.05, 0.1) is 26.4 Å². The van der Waals surface area contributed by atoms with Crippen molar-refractivity contribution in [3.63, 3.8) is 0 Å². The number of aliphatic hydroxyl groups is 2. The van der Waals surface area contributed by atoms with Crippen LogP contribution < -0.4 is 0 Å². The molecule has 1 aliphatic heterocycles. The molecule has 0 aliphatic carbocycles. The van der Waals surface area contributed by atoms with Gasteiger partial charge in [-0.15, -0.1) is 0 Å². The Morgan fingerprint density at radius 1 is 1.38 bits per heavy atom. The largest absolute Gasteiger partial charge is 0.394 e. The van der Waals surface area contributed by atoms with Gasteiger partial charge >= 0.3 is 5.97 Å². The average molecular weight is 194 g/mol. The topological polar surface area (TPSA) is 80.7 Å². The van der Waals surface area contributed by atoms with E-state index in [1.165, 1.54) is 7.11 Å². The SMILES string of the molecule is COC1(O)OC1OCCOCCO. The second-order valence-electron chi connectivity index (χ2n) is 2.49. The lowest BCUT2D eigenvalue weighted by atomic mass is 10.6. The van der Waals surface area contributed by atoms with E-state index < -0.39 is 12.3 Å². The lowest BCUT2D eigenvalue weighted by Gasteiger charge is -2.03. The monoisotopic (exact) mass is 194 g/mol. The first-order valence-electron chi connectivity index (χ1n) is 3.98. The van der Waals surface area contributed by atoms with E-state index in [1.54, 1.807) is 0 Å². The predicted molar refractivity (Wildman–Crippen MR) is 40.7 cm³/mol. The minimum Gasteiger partial charge on any atom is -0.394 e. The maximum atomic E-state index is 9.15. The molecule has 1 saturated heterocycles. The zero-order valence-electron chi connectivity index (χ0n) is 7.43. The van der Waals surface area contributed by atoms with Crippen molar-refractivity contribution >= 4 is 0 Å². The number of hydrogen-bond donors (Lipinski definition) is 2. The third-order valence-corrected chi connectivity index (χ3v) is 1.54. The molecule has 0 saturated carbocycles. The van der Waals surface area contributed by atoms with E-state index >= 15 is 0 Å². The van der Waals surface area contributed by atoms with Crippen molar-refractivity contribution in [2.75, 3.05) is 33.5 Å². The normalized spacial score (nSPS) is 32.1. The molecule has 2 N–H and O–H groups in total. The number of aliphatic hydroxyl groups excluding tert-OH is 1. The summed E-state index contributed by atoms with van der Waals surface area (Å²) in [6.45, 7) is 0.905. The third-order valence-electron chi connectivity index (χ3n) is 1.54. The second-order valence-corrected chi connectivity index (χ2v) is 2.49. The minimum atomic E-state index is -1.57. The van der Waals surface area contributed by atoms with E-state index in [4.69, 9.17) is 19.7 Å². The summed E-state index contributed by atoms with van der Waals surface area (Å²) in [6, 6.07) is 0. The highest BCUT2D eigenvalue weighted by Gasteiger charge is 2.58. The van der Waals surface area contributed by atoms with Crippen LogP contribution in [0.3, 0.4) is 0 Å². The summed E-state index contributed by atoms with van der Waals surface area (Å²) in [6.07, 6.45) is -0.727. The molecule has 0 aromatic rings. The van der Waals surface area contributed by atoms with Crippen LogP contribution in [0.4, 0.5) is 0 Å². The number of epoxide rings is 1. The lowest BCUT2D eigenvalue weighted by Crippen LogP contribution is -2.19. The number of rotatable bonds is 7. The fraction of sp³-hybridized carbons (Fsp3) is 1.00. The van der Waals surface area contributed by atoms with Gasteiger partial charge in [0.25, 0.3) is 0 Å². The molecule has 2 unspecified atom stereocenters. The number of ether oxygens (including phenoxy) is 4. The summed E-state index contributed by atoms with van der Waals surface area (Å²) in [7, 11) is 1.33. The number of methoxy groups -OCH3 is 1. The van der Waals surface area contributed by atoms with Crippen molar-refractivity contribution in [2.24, 2.45) is 0 Å². The van der Waals surface area contributed by atoms with Crippen LogP contribution in [0, 0.1) is 0 Å². The van der Waals surface area contributed by atoms with Crippen molar-refractivity contribution in [3.05, 3.63) is 0 Å². The molecule has 0 aromatic heterocycles. The van der Waals surface area contributed by atoms with Crippen LogP contribution in [0.2, 0.25) is 0 Å². The van der Waals surface area contributed by atoms with Gasteiger partial charge in [0.2, 0.25) is 6.29 Å². The highest BCUT2D eigenvalue weighted by Crippen LogP contribution is 2.34. The van der Waals surface area contributed by atoms with Crippen molar-refractivity contribution in [2.45, 2.75) is 12.3 Å². The summed E-state index contributed by atoms with van der Waals surface area (Å²) in [4.78, 5) is 0. The molecule has 1 aliphatic rings. The summed E-state index contributed by atoms with van der Waals surface area (Å²) >= 11 is 0. The molecule has 0 bridgehead atoms. The molecule has 0 amide bonds. The Labute approximate surface area is 76.0 Å². The van der Waals surface area contributed by atoms with Crippen LogP contribution in [0.15, 0.2) is 0 Å². The molecule has 6 heteroatoms. The molecular weight excluding hydrogens is 180 g/mol. The Morgan fingerprint density at radius 3 is 2.69 bits per heavy atom. The van der Waals surface area contributed by atoms with Crippen molar-refractivity contribution in [1.29, 1.82) is 0 Å². The standard InChI is InChI=1S/C7H14O6/c1-10-7(9)6(13-7)12-5-4-11-3-2-8/h6,8-9H,2-5H2,1H3. The van der Waals surface area contributed by atoms with Crippen LogP contribution in [0.25, 0.3) is 0 Å². The van der Waals surface area contributed by atoms with Crippen molar-refractivity contribution < 1.29 is 29.2 Å². The maximum Gasteiger partial charge on any atom is 0.337 e. The first-order valence-corrected chi connectivity index (χ1v) is 3.98. The van der Waals surface area contributed by atoms with Gasteiger partial charge in [0, 0.05) is 7.11 Å². The van der Waals surface area contributed by atoms with Crippen LogP contribution in [-0.4, -0.2) is 56.0 Å². The first kappa shape index (κ1) is 10.8. The lowest BCUT2D eigenvalue weighted by molar-refractivity contribution is -0.180. The average Bonchev–Trinajstić information content (AvgIpc) is 2.78. The van der Waals surface area contributed by atoms with Crippen molar-refractivity contribution in [3.8, 4) is 0 Å². The van der Waals surface area contributed by atoms with E-state index in [9.17, 15) is 0 Å². The Hall–Kier alpha value is -0.240. The Bertz CT molecular complexity index is 152. The quantitative estimate of drug-likeness (QED) is 0.296. The fourth-order valence-corrected chi connectivity index (χ4v) is 0.784. The molecule has 0 spiro atoms. The Morgan fingerprint density at radius 2 is 2.15 bits per heavy atom. The van der Waals surface area contributed by atoms with Crippen LogP contribution in [-0.2, 0) is 18.9 Å². The van der Waals surface area contributed by atoms with Crippen LogP contribution >= 0.6 is 0 Å². The zero-order chi connectivity index (χ0) is 9.73. The van der Waals surface area contributed by atoms with E-state index in [1.807, 2.05) is 0 Å². The molecule has 13 heavy (non-hydrogen) atoms. The molecule has 1 fully saturated rings. The molecule has 0 radical (unpaired) electrons. The fourth-order valence-electron chi connectivity index (χ4n) is 0.784. The zero-order valence-corrected chi connectivity index (χ0v) is 7.43. The summed E-state index contributed by atoms with van der Waals surface area (Å²) in [5, 5.41) is 17.5. The summed E-state index contributed by atoms with van der Waals surface area (Å²) in [5.41, 5.74) is 0. The van der Waals surface area contributed by atoms with Crippen LogP contribution in [0.5, 0.6) is 0 Å². The first-order chi connectivity index (χ1) is 6.23. The molecular formula is C7H14O6. The van der Waals surface area contributed by atoms with E-state index in [2.05, 4.69) is 9.47 Å². The van der Waals surface area contributed by atoms with Gasteiger partial charge in [-0.05, 0) is 0 Å². The third kappa shape index (κ3) is 3.18. The van der Waals surface area contributed by atoms with Gasteiger partial charge in [-0.1, -0.05) is 0 Å². The van der Waals surface area contributed by atoms with Crippen molar-refractivity contribution in [1.82, 2.24) is 0 Å². The van der Waals surface area contributed by atoms with Gasteiger partial charge in [0.15, 0.2) is 0 Å². The smallest absolute Gasteiger partial charge is 0.337 e. The highest BCUT2D eigenvalue weighted by molar-refractivity contribution is 4.74. The molecule has 6 nitrogen and oxygen atoms in total. The van der Waals surface area contributed by atoms with Gasteiger partial charge in [0.1, 0.15) is 0 Å².